The molecule has 2 nitrogen and oxygen atoms in total. The van der Waals surface area contributed by atoms with Gasteiger partial charge in [-0.2, -0.15) is 0 Å². The molecule has 21 heavy (non-hydrogen) atoms. The normalized spacial score (nSPS) is 10.6. The topological polar surface area (TPSA) is 21.3 Å². The van der Waals surface area contributed by atoms with Gasteiger partial charge >= 0.3 is 0 Å². The van der Waals surface area contributed by atoms with Crippen molar-refractivity contribution in [3.05, 3.63) is 63.6 Å². The molecule has 0 aliphatic heterocycles. The van der Waals surface area contributed by atoms with E-state index in [4.69, 9.17) is 4.74 Å². The smallest absolute Gasteiger partial charge is 0.122 e. The third-order valence-corrected chi connectivity index (χ3v) is 3.77. The first-order chi connectivity index (χ1) is 10.2. The van der Waals surface area contributed by atoms with Gasteiger partial charge in [0, 0.05) is 11.0 Å². The van der Waals surface area contributed by atoms with Crippen molar-refractivity contribution in [3.63, 3.8) is 0 Å². The van der Waals surface area contributed by atoms with Crippen molar-refractivity contribution < 1.29 is 4.74 Å². The van der Waals surface area contributed by atoms with Crippen LogP contribution in [-0.4, -0.2) is 6.54 Å². The number of ether oxygens (including phenoxy) is 1. The second-order valence-electron chi connectivity index (χ2n) is 5.20. The van der Waals surface area contributed by atoms with Crippen molar-refractivity contribution in [1.29, 1.82) is 0 Å². The molecule has 0 unspecified atom stereocenters. The molecule has 0 amide bonds. The molecule has 2 aromatic carbocycles. The fraction of sp³-hybridized carbons (Fsp3) is 0.333. The van der Waals surface area contributed by atoms with Crippen LogP contribution in [0.25, 0.3) is 0 Å². The van der Waals surface area contributed by atoms with Gasteiger partial charge in [-0.3, -0.25) is 0 Å². The molecule has 0 aliphatic rings. The number of nitrogens with one attached hydrogen (secondary N) is 1. The fourth-order valence-electron chi connectivity index (χ4n) is 2.17. The van der Waals surface area contributed by atoms with Crippen LogP contribution < -0.4 is 10.1 Å². The fourth-order valence-corrected chi connectivity index (χ4v) is 2.65. The number of hydrogen-bond acceptors (Lipinski definition) is 2. The largest absolute Gasteiger partial charge is 0.489 e. The Morgan fingerprint density at radius 2 is 1.90 bits per heavy atom. The molecule has 0 saturated heterocycles. The van der Waals surface area contributed by atoms with Gasteiger partial charge in [-0.1, -0.05) is 47.1 Å². The SMILES string of the molecule is CCCNCc1cccc(COc2ccc(Br)cc2C)c1. The zero-order chi connectivity index (χ0) is 15.1. The van der Waals surface area contributed by atoms with Gasteiger partial charge in [-0.15, -0.1) is 0 Å². The van der Waals surface area contributed by atoms with Crippen molar-refractivity contribution in [3.8, 4) is 5.75 Å². The Hall–Kier alpha value is -1.32. The first kappa shape index (κ1) is 16.1. The lowest BCUT2D eigenvalue weighted by Crippen LogP contribution is -2.13. The van der Waals surface area contributed by atoms with Crippen molar-refractivity contribution in [2.75, 3.05) is 6.54 Å². The van der Waals surface area contributed by atoms with Crippen molar-refractivity contribution in [2.45, 2.75) is 33.4 Å². The number of halogens is 1. The first-order valence-electron chi connectivity index (χ1n) is 7.36. The second-order valence-corrected chi connectivity index (χ2v) is 6.11. The maximum Gasteiger partial charge on any atom is 0.122 e. The van der Waals surface area contributed by atoms with Gasteiger partial charge in [-0.05, 0) is 54.8 Å². The maximum absolute atomic E-state index is 5.92. The number of benzene rings is 2. The van der Waals surface area contributed by atoms with E-state index in [1.165, 1.54) is 11.1 Å². The highest BCUT2D eigenvalue weighted by Gasteiger charge is 2.02. The van der Waals surface area contributed by atoms with E-state index in [0.717, 1.165) is 35.3 Å². The number of aryl methyl sites for hydroxylation is 1. The predicted octanol–water partition coefficient (Wildman–Crippen LogP) is 4.84. The maximum atomic E-state index is 5.92. The highest BCUT2D eigenvalue weighted by Crippen LogP contribution is 2.23. The van der Waals surface area contributed by atoms with Crippen LogP contribution >= 0.6 is 15.9 Å². The third kappa shape index (κ3) is 5.18. The summed E-state index contributed by atoms with van der Waals surface area (Å²) in [5.41, 5.74) is 3.65. The molecular formula is C18H22BrNO. The molecule has 0 radical (unpaired) electrons. The van der Waals surface area contributed by atoms with E-state index in [1.54, 1.807) is 0 Å². The Balaban J connectivity index is 1.95. The predicted molar refractivity (Wildman–Crippen MR) is 91.7 cm³/mol. The average molecular weight is 348 g/mol. The summed E-state index contributed by atoms with van der Waals surface area (Å²) in [5.74, 6) is 0.938. The van der Waals surface area contributed by atoms with Gasteiger partial charge in [0.2, 0.25) is 0 Å². The number of rotatable bonds is 7. The molecule has 3 heteroatoms. The zero-order valence-electron chi connectivity index (χ0n) is 12.7. The standard InChI is InChI=1S/C18H22BrNO/c1-3-9-20-12-15-5-4-6-16(11-15)13-21-18-8-7-17(19)10-14(18)2/h4-8,10-11,20H,3,9,12-13H2,1-2H3. The summed E-state index contributed by atoms with van der Waals surface area (Å²) >= 11 is 3.47. The lowest BCUT2D eigenvalue weighted by atomic mass is 10.1. The van der Waals surface area contributed by atoms with Crippen LogP contribution in [0.4, 0.5) is 0 Å². The molecule has 2 aromatic rings. The van der Waals surface area contributed by atoms with Gasteiger partial charge < -0.3 is 10.1 Å². The van der Waals surface area contributed by atoms with Crippen molar-refractivity contribution in [1.82, 2.24) is 5.32 Å². The van der Waals surface area contributed by atoms with Crippen molar-refractivity contribution in [2.24, 2.45) is 0 Å². The van der Waals surface area contributed by atoms with Gasteiger partial charge in [0.05, 0.1) is 0 Å². The molecule has 0 spiro atoms. The van der Waals surface area contributed by atoms with Crippen LogP contribution in [0, 0.1) is 6.92 Å². The Morgan fingerprint density at radius 1 is 1.10 bits per heavy atom. The third-order valence-electron chi connectivity index (χ3n) is 3.28. The molecule has 0 atom stereocenters. The minimum atomic E-state index is 0.601. The molecular weight excluding hydrogens is 326 g/mol. The van der Waals surface area contributed by atoms with Crippen LogP contribution in [0.3, 0.4) is 0 Å². The van der Waals surface area contributed by atoms with E-state index in [-0.39, 0.29) is 0 Å². The highest BCUT2D eigenvalue weighted by atomic mass is 79.9. The quantitative estimate of drug-likeness (QED) is 0.723. The molecule has 2 rings (SSSR count). The Labute approximate surface area is 135 Å². The van der Waals surface area contributed by atoms with Gasteiger partial charge in [-0.25, -0.2) is 0 Å². The number of hydrogen-bond donors (Lipinski definition) is 1. The Bertz CT molecular complexity index is 583. The lowest BCUT2D eigenvalue weighted by molar-refractivity contribution is 0.304. The van der Waals surface area contributed by atoms with E-state index in [9.17, 15) is 0 Å². The van der Waals surface area contributed by atoms with Crippen LogP contribution in [-0.2, 0) is 13.2 Å². The van der Waals surface area contributed by atoms with Crippen LogP contribution in [0.15, 0.2) is 46.9 Å². The van der Waals surface area contributed by atoms with Crippen molar-refractivity contribution >= 4 is 15.9 Å². The molecule has 112 valence electrons. The summed E-state index contributed by atoms with van der Waals surface area (Å²) in [6.45, 7) is 6.81. The molecule has 0 saturated carbocycles. The molecule has 0 bridgehead atoms. The summed E-state index contributed by atoms with van der Waals surface area (Å²) in [6, 6.07) is 14.6. The van der Waals surface area contributed by atoms with E-state index in [0.29, 0.717) is 6.61 Å². The van der Waals surface area contributed by atoms with Gasteiger partial charge in [0.25, 0.3) is 0 Å². The summed E-state index contributed by atoms with van der Waals surface area (Å²) in [5, 5.41) is 3.42. The Morgan fingerprint density at radius 3 is 2.67 bits per heavy atom. The van der Waals surface area contributed by atoms with Gasteiger partial charge in [0.15, 0.2) is 0 Å². The highest BCUT2D eigenvalue weighted by molar-refractivity contribution is 9.10. The van der Waals surface area contributed by atoms with Gasteiger partial charge in [0.1, 0.15) is 12.4 Å². The monoisotopic (exact) mass is 347 g/mol. The molecule has 0 aromatic heterocycles. The molecule has 0 heterocycles. The van der Waals surface area contributed by atoms with Crippen LogP contribution in [0.2, 0.25) is 0 Å². The Kier molecular flexibility index (Phi) is 6.27. The minimum Gasteiger partial charge on any atom is -0.489 e. The summed E-state index contributed by atoms with van der Waals surface area (Å²) in [6.07, 6.45) is 1.16. The van der Waals surface area contributed by atoms with E-state index in [2.05, 4.69) is 65.4 Å². The molecule has 1 N–H and O–H groups in total. The summed E-state index contributed by atoms with van der Waals surface area (Å²) < 4.78 is 7.00. The zero-order valence-corrected chi connectivity index (χ0v) is 14.2. The van der Waals surface area contributed by atoms with E-state index < -0.39 is 0 Å². The summed E-state index contributed by atoms with van der Waals surface area (Å²) in [4.78, 5) is 0. The summed E-state index contributed by atoms with van der Waals surface area (Å²) in [7, 11) is 0. The average Bonchev–Trinajstić information content (AvgIpc) is 2.47. The van der Waals surface area contributed by atoms with Crippen LogP contribution in [0.5, 0.6) is 5.75 Å². The van der Waals surface area contributed by atoms with E-state index >= 15 is 0 Å². The second kappa shape index (κ2) is 8.20. The first-order valence-corrected chi connectivity index (χ1v) is 8.16. The van der Waals surface area contributed by atoms with Crippen LogP contribution in [0.1, 0.15) is 30.0 Å². The lowest BCUT2D eigenvalue weighted by Gasteiger charge is -2.11. The molecule has 0 aliphatic carbocycles. The molecule has 0 fully saturated rings. The van der Waals surface area contributed by atoms with E-state index in [1.807, 2.05) is 12.1 Å². The minimum absolute atomic E-state index is 0.601.